The van der Waals surface area contributed by atoms with Gasteiger partial charge in [-0.05, 0) is 30.5 Å². The molecule has 1 aromatic heterocycles. The number of benzene rings is 1. The highest BCUT2D eigenvalue weighted by molar-refractivity contribution is 5.95. The topological polar surface area (TPSA) is 64.2 Å². The third-order valence-electron chi connectivity index (χ3n) is 4.12. The lowest BCUT2D eigenvalue weighted by atomic mass is 10.0. The van der Waals surface area contributed by atoms with Crippen LogP contribution < -0.4 is 5.73 Å². The van der Waals surface area contributed by atoms with Crippen molar-refractivity contribution < 1.29 is 4.79 Å². The average molecular weight is 284 g/mol. The van der Waals surface area contributed by atoms with Gasteiger partial charge in [0.05, 0.1) is 6.04 Å². The molecule has 0 unspecified atom stereocenters. The van der Waals surface area contributed by atoms with Gasteiger partial charge in [-0.2, -0.15) is 5.10 Å². The van der Waals surface area contributed by atoms with Crippen LogP contribution in [-0.4, -0.2) is 33.7 Å². The number of nitrogens with zero attached hydrogens (tertiary/aromatic N) is 3. The Balaban J connectivity index is 1.68. The number of hydrogen-bond acceptors (Lipinski definition) is 3. The summed E-state index contributed by atoms with van der Waals surface area (Å²) in [4.78, 5) is 14.5. The second-order valence-electron chi connectivity index (χ2n) is 5.37. The van der Waals surface area contributed by atoms with Crippen molar-refractivity contribution in [3.8, 4) is 0 Å². The molecule has 0 bridgehead atoms. The first-order chi connectivity index (χ1) is 10.3. The Morgan fingerprint density at radius 1 is 1.24 bits per heavy atom. The van der Waals surface area contributed by atoms with Crippen molar-refractivity contribution in [3.05, 3.63) is 53.9 Å². The second-order valence-corrected chi connectivity index (χ2v) is 5.37. The molecule has 2 heterocycles. The van der Waals surface area contributed by atoms with E-state index in [2.05, 4.69) is 5.10 Å². The maximum Gasteiger partial charge on any atom is 0.254 e. The molecule has 0 saturated carbocycles. The lowest BCUT2D eigenvalue weighted by Gasteiger charge is -2.32. The zero-order valence-corrected chi connectivity index (χ0v) is 12.0. The number of carbonyl (C=O) groups is 1. The van der Waals surface area contributed by atoms with Gasteiger partial charge in [0.25, 0.3) is 5.91 Å². The molecule has 1 aliphatic heterocycles. The average Bonchev–Trinajstić information content (AvgIpc) is 3.09. The zero-order chi connectivity index (χ0) is 14.7. The van der Waals surface area contributed by atoms with Crippen LogP contribution in [-0.2, 0) is 6.54 Å². The summed E-state index contributed by atoms with van der Waals surface area (Å²) in [5.74, 6) is 0.0926. The van der Waals surface area contributed by atoms with Crippen LogP contribution in [0.4, 0.5) is 0 Å². The molecule has 2 aromatic rings. The minimum atomic E-state index is 0.0926. The normalized spacial score (nSPS) is 16.1. The first-order valence-electron chi connectivity index (χ1n) is 7.36. The highest BCUT2D eigenvalue weighted by Crippen LogP contribution is 2.23. The van der Waals surface area contributed by atoms with E-state index in [0.29, 0.717) is 12.6 Å². The number of aromatic nitrogens is 2. The molecule has 5 heteroatoms. The molecule has 1 aromatic carbocycles. The second kappa shape index (κ2) is 6.10. The number of amides is 1. The molecule has 1 fully saturated rings. The summed E-state index contributed by atoms with van der Waals surface area (Å²) in [6.45, 7) is 1.93. The monoisotopic (exact) mass is 284 g/mol. The fourth-order valence-electron chi connectivity index (χ4n) is 2.91. The van der Waals surface area contributed by atoms with Gasteiger partial charge in [-0.15, -0.1) is 0 Å². The van der Waals surface area contributed by atoms with Gasteiger partial charge in [-0.25, -0.2) is 0 Å². The molecular formula is C16H20N4O. The molecule has 5 nitrogen and oxygen atoms in total. The summed E-state index contributed by atoms with van der Waals surface area (Å²) in [6, 6.07) is 9.93. The van der Waals surface area contributed by atoms with Crippen LogP contribution in [0.5, 0.6) is 0 Å². The third-order valence-corrected chi connectivity index (χ3v) is 4.12. The summed E-state index contributed by atoms with van der Waals surface area (Å²) < 4.78 is 2.00. The van der Waals surface area contributed by atoms with E-state index in [4.69, 9.17) is 5.73 Å². The highest BCUT2D eigenvalue weighted by atomic mass is 16.2. The number of likely N-dealkylation sites (tertiary alicyclic amines) is 1. The maximum absolute atomic E-state index is 12.6. The van der Waals surface area contributed by atoms with Gasteiger partial charge in [0.1, 0.15) is 0 Å². The van der Waals surface area contributed by atoms with Gasteiger partial charge < -0.3 is 10.6 Å². The van der Waals surface area contributed by atoms with Crippen LogP contribution in [0.25, 0.3) is 0 Å². The fourth-order valence-corrected chi connectivity index (χ4v) is 2.91. The van der Waals surface area contributed by atoms with Crippen LogP contribution in [0.1, 0.15) is 34.8 Å². The van der Waals surface area contributed by atoms with Gasteiger partial charge >= 0.3 is 0 Å². The van der Waals surface area contributed by atoms with Crippen molar-refractivity contribution >= 4 is 5.91 Å². The minimum absolute atomic E-state index is 0.0926. The van der Waals surface area contributed by atoms with Gasteiger partial charge in [0.15, 0.2) is 0 Å². The molecular weight excluding hydrogens is 264 g/mol. The smallest absolute Gasteiger partial charge is 0.254 e. The summed E-state index contributed by atoms with van der Waals surface area (Å²) >= 11 is 0. The number of nitrogens with two attached hydrogens (primary N) is 1. The lowest BCUT2D eigenvalue weighted by Crippen LogP contribution is -2.39. The van der Waals surface area contributed by atoms with Crippen molar-refractivity contribution in [1.82, 2.24) is 14.7 Å². The summed E-state index contributed by atoms with van der Waals surface area (Å²) in [7, 11) is 0. The van der Waals surface area contributed by atoms with E-state index in [9.17, 15) is 4.79 Å². The van der Waals surface area contributed by atoms with E-state index >= 15 is 0 Å². The summed E-state index contributed by atoms with van der Waals surface area (Å²) in [6.07, 6.45) is 5.68. The van der Waals surface area contributed by atoms with Crippen LogP contribution in [0.3, 0.4) is 0 Å². The standard InChI is InChI=1S/C16H20N4O/c17-12-13-4-1-2-5-15(13)16(21)19-10-6-14(7-11-19)20-9-3-8-18-20/h1-5,8-9,14H,6-7,10-12,17H2. The Hall–Kier alpha value is -2.14. The Kier molecular flexibility index (Phi) is 4.01. The van der Waals surface area contributed by atoms with E-state index in [1.54, 1.807) is 6.20 Å². The Morgan fingerprint density at radius 2 is 2.00 bits per heavy atom. The van der Waals surface area contributed by atoms with Crippen molar-refractivity contribution in [2.45, 2.75) is 25.4 Å². The number of carbonyl (C=O) groups excluding carboxylic acids is 1. The Labute approximate surface area is 124 Å². The molecule has 1 amide bonds. The van der Waals surface area contributed by atoms with E-state index in [1.807, 2.05) is 46.1 Å². The van der Waals surface area contributed by atoms with E-state index in [1.165, 1.54) is 0 Å². The molecule has 1 aliphatic rings. The van der Waals surface area contributed by atoms with Crippen molar-refractivity contribution in [1.29, 1.82) is 0 Å². The molecule has 0 radical (unpaired) electrons. The Bertz CT molecular complexity index is 600. The first kappa shape index (κ1) is 13.8. The summed E-state index contributed by atoms with van der Waals surface area (Å²) in [5, 5.41) is 4.29. The van der Waals surface area contributed by atoms with Crippen LogP contribution in [0.2, 0.25) is 0 Å². The Morgan fingerprint density at radius 3 is 2.67 bits per heavy atom. The molecule has 0 spiro atoms. The lowest BCUT2D eigenvalue weighted by molar-refractivity contribution is 0.0689. The minimum Gasteiger partial charge on any atom is -0.338 e. The van der Waals surface area contributed by atoms with Crippen molar-refractivity contribution in [2.24, 2.45) is 5.73 Å². The number of rotatable bonds is 3. The fraction of sp³-hybridized carbons (Fsp3) is 0.375. The first-order valence-corrected chi connectivity index (χ1v) is 7.36. The quantitative estimate of drug-likeness (QED) is 0.935. The van der Waals surface area contributed by atoms with E-state index in [-0.39, 0.29) is 5.91 Å². The molecule has 1 saturated heterocycles. The van der Waals surface area contributed by atoms with E-state index < -0.39 is 0 Å². The molecule has 3 rings (SSSR count). The van der Waals surface area contributed by atoms with Gasteiger partial charge in [0.2, 0.25) is 0 Å². The maximum atomic E-state index is 12.6. The predicted octanol–water partition coefficient (Wildman–Crippen LogP) is 1.82. The zero-order valence-electron chi connectivity index (χ0n) is 12.0. The summed E-state index contributed by atoms with van der Waals surface area (Å²) in [5.41, 5.74) is 7.37. The highest BCUT2D eigenvalue weighted by Gasteiger charge is 2.25. The largest absolute Gasteiger partial charge is 0.338 e. The molecule has 2 N–H and O–H groups in total. The molecule has 0 atom stereocenters. The van der Waals surface area contributed by atoms with Gasteiger partial charge in [0, 0.05) is 37.6 Å². The van der Waals surface area contributed by atoms with Crippen molar-refractivity contribution in [2.75, 3.05) is 13.1 Å². The molecule has 21 heavy (non-hydrogen) atoms. The van der Waals surface area contributed by atoms with Crippen molar-refractivity contribution in [3.63, 3.8) is 0 Å². The van der Waals surface area contributed by atoms with Crippen LogP contribution in [0.15, 0.2) is 42.7 Å². The number of piperidine rings is 1. The van der Waals surface area contributed by atoms with Crippen LogP contribution in [0, 0.1) is 0 Å². The van der Waals surface area contributed by atoms with Gasteiger partial charge in [-0.1, -0.05) is 18.2 Å². The predicted molar refractivity (Wildman–Crippen MR) is 80.7 cm³/mol. The van der Waals surface area contributed by atoms with Gasteiger partial charge in [-0.3, -0.25) is 9.48 Å². The number of hydrogen-bond donors (Lipinski definition) is 1. The molecule has 110 valence electrons. The van der Waals surface area contributed by atoms with Crippen LogP contribution >= 0.6 is 0 Å². The third kappa shape index (κ3) is 2.83. The molecule has 0 aliphatic carbocycles. The SMILES string of the molecule is NCc1ccccc1C(=O)N1CCC(n2cccn2)CC1. The van der Waals surface area contributed by atoms with E-state index in [0.717, 1.165) is 37.1 Å².